The molecule has 1 aromatic heterocycles. The molecule has 0 saturated heterocycles. The van der Waals surface area contributed by atoms with Crippen LogP contribution < -0.4 is 4.90 Å². The van der Waals surface area contributed by atoms with Crippen LogP contribution in [0.15, 0.2) is 133 Å². The van der Waals surface area contributed by atoms with Gasteiger partial charge >= 0.3 is 0 Å². The third-order valence-corrected chi connectivity index (χ3v) is 7.69. The van der Waals surface area contributed by atoms with Crippen LogP contribution >= 0.6 is 0 Å². The fraction of sp³-hybridized carbons (Fsp3) is 0.0857. The van der Waals surface area contributed by atoms with Gasteiger partial charge in [0.25, 0.3) is 0 Å². The number of hydrogen-bond acceptors (Lipinski definition) is 1. The Morgan fingerprint density at radius 1 is 0.703 bits per heavy atom. The Balaban J connectivity index is 1.42. The Morgan fingerprint density at radius 3 is 2.14 bits per heavy atom. The van der Waals surface area contributed by atoms with E-state index in [1.807, 2.05) is 0 Å². The zero-order valence-electron chi connectivity index (χ0n) is 20.9. The van der Waals surface area contributed by atoms with Crippen LogP contribution in [0.1, 0.15) is 12.0 Å². The molecule has 37 heavy (non-hydrogen) atoms. The number of anilines is 2. The molecule has 1 heterocycles. The van der Waals surface area contributed by atoms with E-state index in [1.165, 1.54) is 55.1 Å². The van der Waals surface area contributed by atoms with Gasteiger partial charge in [-0.2, -0.15) is 0 Å². The third-order valence-electron chi connectivity index (χ3n) is 7.69. The lowest BCUT2D eigenvalue weighted by Gasteiger charge is -2.34. The topological polar surface area (TPSA) is 8.17 Å². The minimum atomic E-state index is 0.219. The van der Waals surface area contributed by atoms with Crippen molar-refractivity contribution >= 4 is 49.5 Å². The number of para-hydroxylation sites is 1. The van der Waals surface area contributed by atoms with Crippen LogP contribution in [0.3, 0.4) is 0 Å². The second-order valence-corrected chi connectivity index (χ2v) is 9.84. The monoisotopic (exact) mass is 476 g/mol. The lowest BCUT2D eigenvalue weighted by atomic mass is 9.95. The maximum atomic E-state index is 2.52. The van der Waals surface area contributed by atoms with Gasteiger partial charge in [0.2, 0.25) is 0 Å². The Bertz CT molecular complexity index is 1810. The summed E-state index contributed by atoms with van der Waals surface area (Å²) >= 11 is 0. The van der Waals surface area contributed by atoms with Crippen LogP contribution in [0, 0.1) is 0 Å². The molecule has 5 aromatic carbocycles. The lowest BCUT2D eigenvalue weighted by molar-refractivity contribution is 0.789. The average Bonchev–Trinajstić information content (AvgIpc) is 3.25. The van der Waals surface area contributed by atoms with E-state index in [4.69, 9.17) is 0 Å². The second-order valence-electron chi connectivity index (χ2n) is 9.84. The second kappa shape index (κ2) is 8.83. The van der Waals surface area contributed by atoms with Crippen LogP contribution in [0.4, 0.5) is 11.4 Å². The molecule has 0 fully saturated rings. The normalized spacial score (nSPS) is 15.4. The van der Waals surface area contributed by atoms with Crippen LogP contribution in [0.5, 0.6) is 0 Å². The Morgan fingerprint density at radius 2 is 1.41 bits per heavy atom. The van der Waals surface area contributed by atoms with Crippen molar-refractivity contribution in [3.63, 3.8) is 0 Å². The van der Waals surface area contributed by atoms with Crippen molar-refractivity contribution in [1.82, 2.24) is 4.57 Å². The molecule has 0 bridgehead atoms. The van der Waals surface area contributed by atoms with Gasteiger partial charge in [0.05, 0.1) is 17.2 Å². The highest BCUT2D eigenvalue weighted by Crippen LogP contribution is 2.42. The Labute approximate surface area is 217 Å². The third kappa shape index (κ3) is 3.65. The number of allylic oxidation sites excluding steroid dienone is 2. The SMILES string of the molecule is Cn1c2cc3ccccc3cc2c2c(N(c3ccccc3)C3C=CC(c4ccccc4)=CC3)cccc21. The average molecular weight is 477 g/mol. The summed E-state index contributed by atoms with van der Waals surface area (Å²) in [6.45, 7) is 0. The zero-order valence-corrected chi connectivity index (χ0v) is 20.9. The summed E-state index contributed by atoms with van der Waals surface area (Å²) in [4.78, 5) is 2.52. The van der Waals surface area contributed by atoms with Crippen LogP contribution in [-0.4, -0.2) is 10.6 Å². The summed E-state index contributed by atoms with van der Waals surface area (Å²) in [5, 5.41) is 5.15. The number of hydrogen-bond donors (Lipinski definition) is 0. The van der Waals surface area contributed by atoms with Gasteiger partial charge in [0.1, 0.15) is 0 Å². The minimum Gasteiger partial charge on any atom is -0.344 e. The molecule has 2 nitrogen and oxygen atoms in total. The predicted molar refractivity (Wildman–Crippen MR) is 158 cm³/mol. The van der Waals surface area contributed by atoms with Gasteiger partial charge < -0.3 is 9.47 Å². The lowest BCUT2D eigenvalue weighted by Crippen LogP contribution is -2.30. The molecule has 0 amide bonds. The molecule has 1 aliphatic rings. The molecule has 2 heteroatoms. The molecule has 6 aromatic rings. The van der Waals surface area contributed by atoms with E-state index in [1.54, 1.807) is 0 Å². The van der Waals surface area contributed by atoms with Crippen molar-refractivity contribution in [1.29, 1.82) is 0 Å². The quantitative estimate of drug-likeness (QED) is 0.246. The van der Waals surface area contributed by atoms with E-state index in [0.717, 1.165) is 6.42 Å². The van der Waals surface area contributed by atoms with E-state index < -0.39 is 0 Å². The fourth-order valence-electron chi connectivity index (χ4n) is 5.86. The van der Waals surface area contributed by atoms with E-state index in [0.29, 0.717) is 0 Å². The smallest absolute Gasteiger partial charge is 0.0560 e. The summed E-state index contributed by atoms with van der Waals surface area (Å²) in [6.07, 6.45) is 7.98. The number of aromatic nitrogens is 1. The molecular weight excluding hydrogens is 448 g/mol. The van der Waals surface area contributed by atoms with Crippen LogP contribution in [-0.2, 0) is 7.05 Å². The van der Waals surface area contributed by atoms with Crippen LogP contribution in [0.2, 0.25) is 0 Å². The van der Waals surface area contributed by atoms with E-state index in [2.05, 4.69) is 150 Å². The molecule has 0 radical (unpaired) electrons. The highest BCUT2D eigenvalue weighted by Gasteiger charge is 2.24. The van der Waals surface area contributed by atoms with Crippen molar-refractivity contribution in [2.45, 2.75) is 12.5 Å². The molecule has 7 rings (SSSR count). The van der Waals surface area contributed by atoms with E-state index >= 15 is 0 Å². The summed E-state index contributed by atoms with van der Waals surface area (Å²) in [5.41, 5.74) is 7.53. The summed E-state index contributed by atoms with van der Waals surface area (Å²) in [5.74, 6) is 0. The number of benzene rings is 5. The van der Waals surface area contributed by atoms with Crippen molar-refractivity contribution in [2.24, 2.45) is 7.05 Å². The number of rotatable bonds is 4. The van der Waals surface area contributed by atoms with E-state index in [-0.39, 0.29) is 6.04 Å². The first-order chi connectivity index (χ1) is 18.3. The van der Waals surface area contributed by atoms with Crippen LogP contribution in [0.25, 0.3) is 38.2 Å². The Kier molecular flexibility index (Phi) is 5.18. The highest BCUT2D eigenvalue weighted by molar-refractivity contribution is 6.17. The number of aryl methyl sites for hydroxylation is 1. The maximum Gasteiger partial charge on any atom is 0.0560 e. The van der Waals surface area contributed by atoms with Gasteiger partial charge in [-0.1, -0.05) is 97.1 Å². The minimum absolute atomic E-state index is 0.219. The van der Waals surface area contributed by atoms with Crippen molar-refractivity contribution < 1.29 is 0 Å². The van der Waals surface area contributed by atoms with Crippen molar-refractivity contribution in [2.75, 3.05) is 4.90 Å². The van der Waals surface area contributed by atoms with Gasteiger partial charge in [-0.15, -0.1) is 0 Å². The van der Waals surface area contributed by atoms with Crippen molar-refractivity contribution in [3.8, 4) is 0 Å². The summed E-state index contributed by atoms with van der Waals surface area (Å²) in [7, 11) is 2.19. The summed E-state index contributed by atoms with van der Waals surface area (Å²) in [6, 6.07) is 41.8. The van der Waals surface area contributed by atoms with Gasteiger partial charge in [0, 0.05) is 29.0 Å². The zero-order chi connectivity index (χ0) is 24.8. The van der Waals surface area contributed by atoms with Gasteiger partial charge in [0.15, 0.2) is 0 Å². The number of nitrogens with zero attached hydrogens (tertiary/aromatic N) is 2. The molecular formula is C35H28N2. The standard InChI is InChI=1S/C35H28N2/c1-36-32-17-10-18-33(35(32)31-23-27-13-8-9-14-28(27)24-34(31)36)37(29-15-6-3-7-16-29)30-21-19-26(20-22-30)25-11-4-2-5-12-25/h2-21,23-24,30H,22H2,1H3. The molecule has 1 atom stereocenters. The number of fused-ring (bicyclic) bond motifs is 4. The van der Waals surface area contributed by atoms with E-state index in [9.17, 15) is 0 Å². The molecule has 0 N–H and O–H groups in total. The fourth-order valence-corrected chi connectivity index (χ4v) is 5.86. The molecule has 1 unspecified atom stereocenters. The molecule has 178 valence electrons. The first-order valence-corrected chi connectivity index (χ1v) is 13.0. The highest BCUT2D eigenvalue weighted by atomic mass is 15.2. The van der Waals surface area contributed by atoms with Gasteiger partial charge in [-0.3, -0.25) is 0 Å². The van der Waals surface area contributed by atoms with Crippen molar-refractivity contribution in [3.05, 3.63) is 139 Å². The predicted octanol–water partition coefficient (Wildman–Crippen LogP) is 9.03. The molecule has 0 spiro atoms. The largest absolute Gasteiger partial charge is 0.344 e. The maximum absolute atomic E-state index is 2.52. The molecule has 0 aliphatic heterocycles. The molecule has 1 aliphatic carbocycles. The Hall–Kier alpha value is -4.56. The van der Waals surface area contributed by atoms with Gasteiger partial charge in [-0.05, 0) is 64.7 Å². The first-order valence-electron chi connectivity index (χ1n) is 13.0. The molecule has 0 saturated carbocycles. The van der Waals surface area contributed by atoms with Gasteiger partial charge in [-0.25, -0.2) is 0 Å². The first kappa shape index (κ1) is 21.7. The summed E-state index contributed by atoms with van der Waals surface area (Å²) < 4.78 is 2.34.